The molecule has 0 spiro atoms. The average Bonchev–Trinajstić information content (AvgIpc) is 2.73. The van der Waals surface area contributed by atoms with Gasteiger partial charge in [-0.05, 0) is 24.1 Å². The molecule has 27 heavy (non-hydrogen) atoms. The highest BCUT2D eigenvalue weighted by Crippen LogP contribution is 2.32. The molecule has 0 bridgehead atoms. The SMILES string of the molecule is COc1ccc([C@@H]2O[C@H](C/C=C/CO)C[C@H](/C=C/c3ccccc3)O2)cc1. The maximum absolute atomic E-state index is 8.96. The number of aliphatic hydroxyl groups excluding tert-OH is 1. The molecule has 1 aliphatic heterocycles. The van der Waals surface area contributed by atoms with E-state index in [0.29, 0.717) is 0 Å². The van der Waals surface area contributed by atoms with E-state index in [1.54, 1.807) is 13.2 Å². The van der Waals surface area contributed by atoms with Crippen LogP contribution in [0.25, 0.3) is 6.08 Å². The van der Waals surface area contributed by atoms with E-state index in [1.165, 1.54) is 0 Å². The summed E-state index contributed by atoms with van der Waals surface area (Å²) in [5.41, 5.74) is 2.11. The van der Waals surface area contributed by atoms with Gasteiger partial charge in [0, 0.05) is 12.0 Å². The van der Waals surface area contributed by atoms with Crippen LogP contribution in [0.2, 0.25) is 0 Å². The molecular weight excluding hydrogens is 340 g/mol. The molecule has 2 aromatic carbocycles. The highest BCUT2D eigenvalue weighted by Gasteiger charge is 2.29. The van der Waals surface area contributed by atoms with Gasteiger partial charge < -0.3 is 19.3 Å². The normalized spacial score (nSPS) is 23.1. The lowest BCUT2D eigenvalue weighted by atomic mass is 10.0. The Kier molecular flexibility index (Phi) is 7.22. The van der Waals surface area contributed by atoms with Crippen molar-refractivity contribution in [2.24, 2.45) is 0 Å². The molecule has 0 amide bonds. The van der Waals surface area contributed by atoms with Gasteiger partial charge in [0.05, 0.1) is 25.9 Å². The molecule has 1 fully saturated rings. The van der Waals surface area contributed by atoms with Crippen LogP contribution in [0.5, 0.6) is 5.75 Å². The monoisotopic (exact) mass is 366 g/mol. The van der Waals surface area contributed by atoms with Crippen LogP contribution in [-0.2, 0) is 9.47 Å². The van der Waals surface area contributed by atoms with E-state index in [9.17, 15) is 0 Å². The zero-order valence-corrected chi connectivity index (χ0v) is 15.5. The number of hydrogen-bond donors (Lipinski definition) is 1. The first-order valence-electron chi connectivity index (χ1n) is 9.22. The van der Waals surface area contributed by atoms with Crippen molar-refractivity contribution in [1.29, 1.82) is 0 Å². The molecule has 4 heteroatoms. The zero-order valence-electron chi connectivity index (χ0n) is 15.5. The topological polar surface area (TPSA) is 47.9 Å². The second kappa shape index (κ2) is 10.1. The molecule has 0 aromatic heterocycles. The van der Waals surface area contributed by atoms with E-state index in [1.807, 2.05) is 48.5 Å². The second-order valence-electron chi connectivity index (χ2n) is 6.43. The summed E-state index contributed by atoms with van der Waals surface area (Å²) >= 11 is 0. The summed E-state index contributed by atoms with van der Waals surface area (Å²) in [5, 5.41) is 8.96. The van der Waals surface area contributed by atoms with Crippen molar-refractivity contribution >= 4 is 6.08 Å². The minimum Gasteiger partial charge on any atom is -0.497 e. The first-order valence-corrected chi connectivity index (χ1v) is 9.22. The smallest absolute Gasteiger partial charge is 0.184 e. The number of hydrogen-bond acceptors (Lipinski definition) is 4. The first-order chi connectivity index (χ1) is 13.3. The zero-order chi connectivity index (χ0) is 18.9. The summed E-state index contributed by atoms with van der Waals surface area (Å²) in [4.78, 5) is 0. The van der Waals surface area contributed by atoms with Gasteiger partial charge in [-0.3, -0.25) is 0 Å². The third-order valence-electron chi connectivity index (χ3n) is 4.47. The van der Waals surface area contributed by atoms with Gasteiger partial charge >= 0.3 is 0 Å². The largest absolute Gasteiger partial charge is 0.497 e. The highest BCUT2D eigenvalue weighted by molar-refractivity contribution is 5.49. The maximum atomic E-state index is 8.96. The number of methoxy groups -OCH3 is 1. The number of ether oxygens (including phenoxy) is 3. The van der Waals surface area contributed by atoms with Gasteiger partial charge in [0.15, 0.2) is 6.29 Å². The van der Waals surface area contributed by atoms with Crippen molar-refractivity contribution in [2.75, 3.05) is 13.7 Å². The van der Waals surface area contributed by atoms with Crippen molar-refractivity contribution in [2.45, 2.75) is 31.3 Å². The van der Waals surface area contributed by atoms with Crippen LogP contribution < -0.4 is 4.74 Å². The first kappa shape index (κ1) is 19.4. The molecular formula is C23H26O4. The van der Waals surface area contributed by atoms with Gasteiger partial charge in [-0.15, -0.1) is 0 Å². The van der Waals surface area contributed by atoms with E-state index >= 15 is 0 Å². The molecule has 1 aliphatic rings. The van der Waals surface area contributed by atoms with Crippen LogP contribution in [0.3, 0.4) is 0 Å². The molecule has 0 unspecified atom stereocenters. The number of rotatable bonds is 7. The Hall–Kier alpha value is -2.40. The number of benzene rings is 2. The molecule has 3 rings (SSSR count). The van der Waals surface area contributed by atoms with E-state index in [4.69, 9.17) is 19.3 Å². The lowest BCUT2D eigenvalue weighted by Crippen LogP contribution is -2.32. The third-order valence-corrected chi connectivity index (χ3v) is 4.47. The lowest BCUT2D eigenvalue weighted by molar-refractivity contribution is -0.235. The van der Waals surface area contributed by atoms with Crippen molar-refractivity contribution in [3.8, 4) is 5.75 Å². The van der Waals surface area contributed by atoms with E-state index in [0.717, 1.165) is 29.7 Å². The predicted molar refractivity (Wildman–Crippen MR) is 106 cm³/mol. The minimum atomic E-state index is -0.428. The minimum absolute atomic E-state index is 0.0269. The predicted octanol–water partition coefficient (Wildman–Crippen LogP) is 4.52. The van der Waals surface area contributed by atoms with Gasteiger partial charge in [-0.25, -0.2) is 0 Å². The summed E-state index contributed by atoms with van der Waals surface area (Å²) < 4.78 is 17.6. The summed E-state index contributed by atoms with van der Waals surface area (Å²) in [6.07, 6.45) is 8.95. The van der Waals surface area contributed by atoms with Crippen LogP contribution in [-0.4, -0.2) is 31.0 Å². The molecule has 0 aliphatic carbocycles. The summed E-state index contributed by atoms with van der Waals surface area (Å²) in [5.74, 6) is 0.803. The van der Waals surface area contributed by atoms with Gasteiger partial charge in [0.2, 0.25) is 0 Å². The Morgan fingerprint density at radius 1 is 1.04 bits per heavy atom. The van der Waals surface area contributed by atoms with Crippen LogP contribution in [0.1, 0.15) is 30.3 Å². The van der Waals surface area contributed by atoms with Crippen molar-refractivity contribution in [3.05, 3.63) is 84.0 Å². The Balaban J connectivity index is 1.73. The Morgan fingerprint density at radius 3 is 2.52 bits per heavy atom. The summed E-state index contributed by atoms with van der Waals surface area (Å²) in [7, 11) is 1.65. The third kappa shape index (κ3) is 5.79. The quantitative estimate of drug-likeness (QED) is 0.732. The summed E-state index contributed by atoms with van der Waals surface area (Å²) in [6, 6.07) is 17.9. The average molecular weight is 366 g/mol. The molecule has 0 saturated carbocycles. The van der Waals surface area contributed by atoms with Crippen LogP contribution in [0, 0.1) is 0 Å². The Bertz CT molecular complexity index is 737. The fraction of sp³-hybridized carbons (Fsp3) is 0.304. The van der Waals surface area contributed by atoms with Gasteiger partial charge in [0.1, 0.15) is 5.75 Å². The number of aliphatic hydroxyl groups is 1. The highest BCUT2D eigenvalue weighted by atomic mass is 16.7. The standard InChI is InChI=1S/C23H26O4/c1-25-20-14-11-19(12-15-20)23-26-21(9-5-6-16-24)17-22(27-23)13-10-18-7-3-2-4-8-18/h2-8,10-15,21-24H,9,16-17H2,1H3/b6-5+,13-10+/t21-,22+,23-/m1/s1. The van der Waals surface area contributed by atoms with Gasteiger partial charge in [-0.1, -0.05) is 66.8 Å². The Morgan fingerprint density at radius 2 is 1.81 bits per heavy atom. The molecule has 2 aromatic rings. The van der Waals surface area contributed by atoms with Crippen molar-refractivity contribution in [1.82, 2.24) is 0 Å². The van der Waals surface area contributed by atoms with Crippen LogP contribution in [0.15, 0.2) is 72.8 Å². The van der Waals surface area contributed by atoms with E-state index in [-0.39, 0.29) is 18.8 Å². The molecule has 3 atom stereocenters. The second-order valence-corrected chi connectivity index (χ2v) is 6.43. The summed E-state index contributed by atoms with van der Waals surface area (Å²) in [6.45, 7) is 0.0441. The molecule has 1 N–H and O–H groups in total. The molecule has 4 nitrogen and oxygen atoms in total. The van der Waals surface area contributed by atoms with E-state index < -0.39 is 6.29 Å². The van der Waals surface area contributed by atoms with Gasteiger partial charge in [0.25, 0.3) is 0 Å². The Labute approximate surface area is 160 Å². The maximum Gasteiger partial charge on any atom is 0.184 e. The van der Waals surface area contributed by atoms with Crippen molar-refractivity contribution < 1.29 is 19.3 Å². The molecule has 142 valence electrons. The fourth-order valence-electron chi connectivity index (χ4n) is 3.03. The fourth-order valence-corrected chi connectivity index (χ4v) is 3.03. The molecule has 1 saturated heterocycles. The molecule has 0 radical (unpaired) electrons. The van der Waals surface area contributed by atoms with Crippen LogP contribution in [0.4, 0.5) is 0 Å². The van der Waals surface area contributed by atoms with E-state index in [2.05, 4.69) is 24.3 Å². The molecule has 1 heterocycles. The lowest BCUT2D eigenvalue weighted by Gasteiger charge is -2.34. The van der Waals surface area contributed by atoms with Gasteiger partial charge in [-0.2, -0.15) is 0 Å². The van der Waals surface area contributed by atoms with Crippen LogP contribution >= 0.6 is 0 Å². The van der Waals surface area contributed by atoms with Crippen molar-refractivity contribution in [3.63, 3.8) is 0 Å².